The average Bonchev–Trinajstić information content (AvgIpc) is 2.49. The second-order valence-corrected chi connectivity index (χ2v) is 5.12. The molecule has 114 valence electrons. The van der Waals surface area contributed by atoms with E-state index in [9.17, 15) is 9.59 Å². The lowest BCUT2D eigenvalue weighted by molar-refractivity contribution is -0.145. The lowest BCUT2D eigenvalue weighted by Gasteiger charge is -2.35. The lowest BCUT2D eigenvalue weighted by Crippen LogP contribution is -2.48. The monoisotopic (exact) mass is 290 g/mol. The Hall–Kier alpha value is -1.88. The fraction of sp³-hybridized carbons (Fsp3) is 0.500. The molecule has 1 aromatic carbocycles. The van der Waals surface area contributed by atoms with Gasteiger partial charge in [-0.25, -0.2) is 0 Å². The molecule has 0 N–H and O–H groups in total. The van der Waals surface area contributed by atoms with Crippen molar-refractivity contribution in [1.82, 2.24) is 4.90 Å². The predicted octanol–water partition coefficient (Wildman–Crippen LogP) is 1.33. The number of rotatable bonds is 6. The number of benzene rings is 1. The van der Waals surface area contributed by atoms with E-state index in [-0.39, 0.29) is 12.2 Å². The van der Waals surface area contributed by atoms with Crippen LogP contribution in [0.15, 0.2) is 30.3 Å². The minimum Gasteiger partial charge on any atom is -0.466 e. The Labute approximate surface area is 125 Å². The molecule has 1 aliphatic heterocycles. The van der Waals surface area contributed by atoms with Crippen LogP contribution in [0, 0.1) is 0 Å². The van der Waals surface area contributed by atoms with Crippen molar-refractivity contribution >= 4 is 17.4 Å². The first-order valence-electron chi connectivity index (χ1n) is 7.38. The fourth-order valence-corrected chi connectivity index (χ4v) is 2.48. The smallest absolute Gasteiger partial charge is 0.313 e. The van der Waals surface area contributed by atoms with Crippen LogP contribution in [0.5, 0.6) is 0 Å². The average molecular weight is 290 g/mol. The third kappa shape index (κ3) is 4.86. The summed E-state index contributed by atoms with van der Waals surface area (Å²) in [5.41, 5.74) is 1.22. The van der Waals surface area contributed by atoms with Crippen LogP contribution in [-0.4, -0.2) is 56.0 Å². The number of ketones is 1. The Bertz CT molecular complexity index is 468. The quantitative estimate of drug-likeness (QED) is 0.584. The number of hydrogen-bond donors (Lipinski definition) is 0. The normalized spacial score (nSPS) is 15.8. The van der Waals surface area contributed by atoms with Crippen molar-refractivity contribution in [3.63, 3.8) is 0 Å². The molecule has 1 fully saturated rings. The number of nitrogens with zero attached hydrogens (tertiary/aromatic N) is 2. The number of carbonyl (C=O) groups is 2. The second kappa shape index (κ2) is 7.78. The van der Waals surface area contributed by atoms with Gasteiger partial charge in [0.05, 0.1) is 13.2 Å². The summed E-state index contributed by atoms with van der Waals surface area (Å²) in [6.07, 6.45) is -0.118. The maximum absolute atomic E-state index is 11.8. The van der Waals surface area contributed by atoms with Gasteiger partial charge in [-0.1, -0.05) is 18.2 Å². The van der Waals surface area contributed by atoms with Crippen LogP contribution in [0.3, 0.4) is 0 Å². The first-order chi connectivity index (χ1) is 10.2. The summed E-state index contributed by atoms with van der Waals surface area (Å²) in [5, 5.41) is 0. The van der Waals surface area contributed by atoms with Crippen molar-refractivity contribution in [2.24, 2.45) is 0 Å². The number of carbonyl (C=O) groups excluding carboxylic acids is 2. The third-order valence-electron chi connectivity index (χ3n) is 3.54. The molecule has 5 nitrogen and oxygen atoms in total. The number of hydrogen-bond acceptors (Lipinski definition) is 5. The van der Waals surface area contributed by atoms with Crippen molar-refractivity contribution in [2.75, 3.05) is 44.2 Å². The molecule has 5 heteroatoms. The number of Topliss-reactive ketones (excluding diaryl/α,β-unsaturated/α-hetero) is 1. The highest BCUT2D eigenvalue weighted by Crippen LogP contribution is 2.15. The van der Waals surface area contributed by atoms with Crippen molar-refractivity contribution in [2.45, 2.75) is 13.3 Å². The summed E-state index contributed by atoms with van der Waals surface area (Å²) < 4.78 is 4.79. The van der Waals surface area contributed by atoms with Gasteiger partial charge in [-0.05, 0) is 19.1 Å². The molecule has 0 aromatic heterocycles. The predicted molar refractivity (Wildman–Crippen MR) is 81.4 cm³/mol. The highest BCUT2D eigenvalue weighted by Gasteiger charge is 2.20. The molecule has 0 radical (unpaired) electrons. The summed E-state index contributed by atoms with van der Waals surface area (Å²) in [6.45, 7) is 5.87. The van der Waals surface area contributed by atoms with Crippen molar-refractivity contribution in [1.29, 1.82) is 0 Å². The molecule has 1 saturated heterocycles. The lowest BCUT2D eigenvalue weighted by atomic mass is 10.2. The molecule has 0 bridgehead atoms. The number of piperazine rings is 1. The third-order valence-corrected chi connectivity index (χ3v) is 3.54. The Morgan fingerprint density at radius 1 is 1.10 bits per heavy atom. The molecule has 1 aliphatic rings. The highest BCUT2D eigenvalue weighted by molar-refractivity contribution is 5.96. The van der Waals surface area contributed by atoms with Crippen LogP contribution in [0.2, 0.25) is 0 Å². The van der Waals surface area contributed by atoms with E-state index >= 15 is 0 Å². The van der Waals surface area contributed by atoms with Crippen LogP contribution in [0.25, 0.3) is 0 Å². The molecule has 21 heavy (non-hydrogen) atoms. The number of esters is 1. The Morgan fingerprint density at radius 2 is 1.76 bits per heavy atom. The van der Waals surface area contributed by atoms with Gasteiger partial charge in [0.25, 0.3) is 0 Å². The molecule has 1 heterocycles. The molecule has 2 rings (SSSR count). The fourth-order valence-electron chi connectivity index (χ4n) is 2.48. The topological polar surface area (TPSA) is 49.9 Å². The Balaban J connectivity index is 1.74. The number of anilines is 1. The molecule has 1 aromatic rings. The van der Waals surface area contributed by atoms with Gasteiger partial charge >= 0.3 is 5.97 Å². The van der Waals surface area contributed by atoms with Gasteiger partial charge in [-0.15, -0.1) is 0 Å². The molecule has 0 unspecified atom stereocenters. The van der Waals surface area contributed by atoms with Crippen molar-refractivity contribution < 1.29 is 14.3 Å². The molecule has 0 saturated carbocycles. The molecule has 0 atom stereocenters. The van der Waals surface area contributed by atoms with Gasteiger partial charge in [0.1, 0.15) is 6.42 Å². The SMILES string of the molecule is CCOC(=O)CC(=O)CN1CCN(c2ccccc2)CC1. The van der Waals surface area contributed by atoms with Gasteiger partial charge in [0.15, 0.2) is 5.78 Å². The van der Waals surface area contributed by atoms with E-state index in [0.717, 1.165) is 26.2 Å². The summed E-state index contributed by atoms with van der Waals surface area (Å²) >= 11 is 0. The number of ether oxygens (including phenoxy) is 1. The van der Waals surface area contributed by atoms with Crippen LogP contribution in [-0.2, 0) is 14.3 Å². The zero-order chi connectivity index (χ0) is 15.1. The van der Waals surface area contributed by atoms with Gasteiger partial charge in [0, 0.05) is 31.9 Å². The van der Waals surface area contributed by atoms with Gasteiger partial charge in [-0.2, -0.15) is 0 Å². The van der Waals surface area contributed by atoms with E-state index in [1.807, 2.05) is 18.2 Å². The van der Waals surface area contributed by atoms with Gasteiger partial charge in [-0.3, -0.25) is 14.5 Å². The van der Waals surface area contributed by atoms with Crippen LogP contribution in [0.4, 0.5) is 5.69 Å². The van der Waals surface area contributed by atoms with E-state index in [1.165, 1.54) is 5.69 Å². The second-order valence-electron chi connectivity index (χ2n) is 5.12. The zero-order valence-corrected chi connectivity index (χ0v) is 12.5. The van der Waals surface area contributed by atoms with E-state index in [2.05, 4.69) is 21.9 Å². The van der Waals surface area contributed by atoms with Crippen molar-refractivity contribution in [3.05, 3.63) is 30.3 Å². The Morgan fingerprint density at radius 3 is 2.38 bits per heavy atom. The summed E-state index contributed by atoms with van der Waals surface area (Å²) in [4.78, 5) is 27.5. The van der Waals surface area contributed by atoms with Crippen LogP contribution in [0.1, 0.15) is 13.3 Å². The van der Waals surface area contributed by atoms with E-state index < -0.39 is 5.97 Å². The summed E-state index contributed by atoms with van der Waals surface area (Å²) in [5.74, 6) is -0.493. The van der Waals surface area contributed by atoms with Crippen LogP contribution < -0.4 is 4.90 Å². The van der Waals surface area contributed by atoms with E-state index in [4.69, 9.17) is 4.74 Å². The molecular formula is C16H22N2O3. The standard InChI is InChI=1S/C16H22N2O3/c1-2-21-16(20)12-15(19)13-17-8-10-18(11-9-17)14-6-4-3-5-7-14/h3-7H,2,8-13H2,1H3. The maximum atomic E-state index is 11.8. The van der Waals surface area contributed by atoms with E-state index in [1.54, 1.807) is 6.92 Å². The highest BCUT2D eigenvalue weighted by atomic mass is 16.5. The number of para-hydroxylation sites is 1. The van der Waals surface area contributed by atoms with Gasteiger partial charge < -0.3 is 9.64 Å². The Kier molecular flexibility index (Phi) is 5.75. The first kappa shape index (κ1) is 15.5. The zero-order valence-electron chi connectivity index (χ0n) is 12.5. The van der Waals surface area contributed by atoms with Gasteiger partial charge in [0.2, 0.25) is 0 Å². The first-order valence-corrected chi connectivity index (χ1v) is 7.38. The molecule has 0 aliphatic carbocycles. The molecule has 0 amide bonds. The van der Waals surface area contributed by atoms with E-state index in [0.29, 0.717) is 13.2 Å². The van der Waals surface area contributed by atoms with Crippen molar-refractivity contribution in [3.8, 4) is 0 Å². The molecule has 0 spiro atoms. The van der Waals surface area contributed by atoms with Crippen LogP contribution >= 0.6 is 0 Å². The minimum absolute atomic E-state index is 0.0680. The summed E-state index contributed by atoms with van der Waals surface area (Å²) in [6, 6.07) is 10.3. The minimum atomic E-state index is -0.426. The largest absolute Gasteiger partial charge is 0.466 e. The maximum Gasteiger partial charge on any atom is 0.313 e. The molecular weight excluding hydrogens is 268 g/mol. The summed E-state index contributed by atoms with van der Waals surface area (Å²) in [7, 11) is 0.